The van der Waals surface area contributed by atoms with Crippen LogP contribution >= 0.6 is 0 Å². The molecule has 0 heteroatoms. The predicted octanol–water partition coefficient (Wildman–Crippen LogP) is 6.30. The highest BCUT2D eigenvalue weighted by Gasteiger charge is 2.45. The SMILES string of the molecule is [CH2]C12CCC(CCCCCCCCC)(CC1)CC2. The molecule has 0 saturated heterocycles. The normalized spacial score (nSPS) is 35.0. The van der Waals surface area contributed by atoms with Crippen LogP contribution in [0.5, 0.6) is 0 Å². The molecular formula is C18H33. The molecule has 1 radical (unpaired) electrons. The Bertz CT molecular complexity index is 216. The first-order valence-corrected chi connectivity index (χ1v) is 8.54. The molecule has 0 amide bonds. The zero-order chi connectivity index (χ0) is 12.9. The van der Waals surface area contributed by atoms with E-state index in [0.29, 0.717) is 5.41 Å². The summed E-state index contributed by atoms with van der Waals surface area (Å²) in [5, 5.41) is 0. The first-order chi connectivity index (χ1) is 8.68. The van der Waals surface area contributed by atoms with Crippen LogP contribution in [0.1, 0.15) is 96.8 Å². The van der Waals surface area contributed by atoms with Gasteiger partial charge in [-0.2, -0.15) is 0 Å². The summed E-state index contributed by atoms with van der Waals surface area (Å²) in [5.74, 6) is 0. The Morgan fingerprint density at radius 1 is 0.722 bits per heavy atom. The van der Waals surface area contributed by atoms with Gasteiger partial charge < -0.3 is 0 Å². The van der Waals surface area contributed by atoms with Crippen LogP contribution in [-0.4, -0.2) is 0 Å². The second kappa shape index (κ2) is 6.44. The average Bonchev–Trinajstić information content (AvgIpc) is 2.40. The van der Waals surface area contributed by atoms with Crippen molar-refractivity contribution in [2.24, 2.45) is 10.8 Å². The lowest BCUT2D eigenvalue weighted by atomic mass is 9.53. The van der Waals surface area contributed by atoms with Crippen molar-refractivity contribution in [3.8, 4) is 0 Å². The zero-order valence-electron chi connectivity index (χ0n) is 12.6. The van der Waals surface area contributed by atoms with Crippen LogP contribution in [0.3, 0.4) is 0 Å². The molecule has 0 atom stereocenters. The van der Waals surface area contributed by atoms with Gasteiger partial charge in [0.1, 0.15) is 0 Å². The highest BCUT2D eigenvalue weighted by atomic mass is 14.5. The highest BCUT2D eigenvalue weighted by molar-refractivity contribution is 5.00. The van der Waals surface area contributed by atoms with Crippen molar-refractivity contribution >= 4 is 0 Å². The van der Waals surface area contributed by atoms with E-state index >= 15 is 0 Å². The maximum Gasteiger partial charge on any atom is -0.0297 e. The van der Waals surface area contributed by atoms with Crippen LogP contribution in [0.2, 0.25) is 0 Å². The van der Waals surface area contributed by atoms with Gasteiger partial charge in [-0.15, -0.1) is 0 Å². The van der Waals surface area contributed by atoms with E-state index in [1.165, 1.54) is 89.9 Å². The smallest absolute Gasteiger partial charge is 0.0297 e. The molecule has 0 nitrogen and oxygen atoms in total. The molecular weight excluding hydrogens is 216 g/mol. The zero-order valence-corrected chi connectivity index (χ0v) is 12.6. The summed E-state index contributed by atoms with van der Waals surface area (Å²) in [6.07, 6.45) is 20.5. The van der Waals surface area contributed by atoms with E-state index in [2.05, 4.69) is 13.8 Å². The fraction of sp³-hybridized carbons (Fsp3) is 0.944. The van der Waals surface area contributed by atoms with Gasteiger partial charge >= 0.3 is 0 Å². The molecule has 0 aromatic heterocycles. The topological polar surface area (TPSA) is 0 Å². The summed E-state index contributed by atoms with van der Waals surface area (Å²) >= 11 is 0. The van der Waals surface area contributed by atoms with Gasteiger partial charge in [-0.25, -0.2) is 0 Å². The molecule has 0 spiro atoms. The van der Waals surface area contributed by atoms with Crippen molar-refractivity contribution in [1.82, 2.24) is 0 Å². The molecule has 3 aliphatic carbocycles. The van der Waals surface area contributed by atoms with Gasteiger partial charge in [-0.1, -0.05) is 51.9 Å². The third-order valence-electron chi connectivity index (χ3n) is 5.87. The van der Waals surface area contributed by atoms with E-state index in [-0.39, 0.29) is 0 Å². The maximum atomic E-state index is 4.45. The molecule has 0 aromatic carbocycles. The minimum Gasteiger partial charge on any atom is -0.0654 e. The van der Waals surface area contributed by atoms with E-state index in [1.807, 2.05) is 0 Å². The quantitative estimate of drug-likeness (QED) is 0.443. The second-order valence-corrected chi connectivity index (χ2v) is 7.37. The van der Waals surface area contributed by atoms with Gasteiger partial charge in [0, 0.05) is 0 Å². The monoisotopic (exact) mass is 249 g/mol. The third kappa shape index (κ3) is 3.75. The fourth-order valence-corrected chi connectivity index (χ4v) is 4.17. The molecule has 0 N–H and O–H groups in total. The fourth-order valence-electron chi connectivity index (χ4n) is 4.17. The second-order valence-electron chi connectivity index (χ2n) is 7.37. The molecule has 18 heavy (non-hydrogen) atoms. The molecule has 3 saturated carbocycles. The molecule has 0 heterocycles. The first kappa shape index (κ1) is 14.4. The van der Waals surface area contributed by atoms with Crippen molar-refractivity contribution < 1.29 is 0 Å². The summed E-state index contributed by atoms with van der Waals surface area (Å²) in [4.78, 5) is 0. The van der Waals surface area contributed by atoms with Gasteiger partial charge in [0.25, 0.3) is 0 Å². The van der Waals surface area contributed by atoms with Crippen LogP contribution < -0.4 is 0 Å². The molecule has 0 aromatic rings. The average molecular weight is 249 g/mol. The lowest BCUT2D eigenvalue weighted by molar-refractivity contribution is 0.0114. The summed E-state index contributed by atoms with van der Waals surface area (Å²) in [6, 6.07) is 0. The summed E-state index contributed by atoms with van der Waals surface area (Å²) in [5.41, 5.74) is 1.27. The Labute approximate surface area is 115 Å². The third-order valence-corrected chi connectivity index (χ3v) is 5.87. The number of hydrogen-bond acceptors (Lipinski definition) is 0. The van der Waals surface area contributed by atoms with E-state index < -0.39 is 0 Å². The molecule has 105 valence electrons. The van der Waals surface area contributed by atoms with E-state index in [0.717, 1.165) is 5.41 Å². The molecule has 0 aliphatic heterocycles. The minimum absolute atomic E-state index is 0.502. The Morgan fingerprint density at radius 3 is 1.78 bits per heavy atom. The Balaban J connectivity index is 1.57. The molecule has 0 unspecified atom stereocenters. The Hall–Kier alpha value is 0. The Morgan fingerprint density at radius 2 is 1.22 bits per heavy atom. The molecule has 3 fully saturated rings. The summed E-state index contributed by atoms with van der Waals surface area (Å²) < 4.78 is 0. The van der Waals surface area contributed by atoms with Crippen molar-refractivity contribution in [3.05, 3.63) is 6.92 Å². The van der Waals surface area contributed by atoms with Gasteiger partial charge in [0.15, 0.2) is 0 Å². The van der Waals surface area contributed by atoms with E-state index in [4.69, 9.17) is 0 Å². The first-order valence-electron chi connectivity index (χ1n) is 8.54. The summed E-state index contributed by atoms with van der Waals surface area (Å²) in [7, 11) is 0. The number of fused-ring (bicyclic) bond motifs is 3. The van der Waals surface area contributed by atoms with E-state index in [9.17, 15) is 0 Å². The van der Waals surface area contributed by atoms with Crippen LogP contribution in [0.25, 0.3) is 0 Å². The molecule has 2 bridgehead atoms. The largest absolute Gasteiger partial charge is 0.0654 e. The van der Waals surface area contributed by atoms with Gasteiger partial charge in [-0.05, 0) is 62.7 Å². The van der Waals surface area contributed by atoms with E-state index in [1.54, 1.807) is 0 Å². The van der Waals surface area contributed by atoms with Crippen LogP contribution in [0.4, 0.5) is 0 Å². The van der Waals surface area contributed by atoms with Crippen LogP contribution in [0.15, 0.2) is 0 Å². The van der Waals surface area contributed by atoms with Crippen molar-refractivity contribution in [2.45, 2.75) is 96.8 Å². The maximum absolute atomic E-state index is 4.45. The van der Waals surface area contributed by atoms with Crippen molar-refractivity contribution in [1.29, 1.82) is 0 Å². The Kier molecular flexibility index (Phi) is 5.15. The number of hydrogen-bond donors (Lipinski definition) is 0. The van der Waals surface area contributed by atoms with Gasteiger partial charge in [-0.3, -0.25) is 0 Å². The minimum atomic E-state index is 0.502. The van der Waals surface area contributed by atoms with Crippen LogP contribution in [0, 0.1) is 17.8 Å². The highest BCUT2D eigenvalue weighted by Crippen LogP contribution is 2.58. The van der Waals surface area contributed by atoms with Gasteiger partial charge in [0.2, 0.25) is 0 Å². The van der Waals surface area contributed by atoms with Gasteiger partial charge in [0.05, 0.1) is 0 Å². The van der Waals surface area contributed by atoms with Crippen molar-refractivity contribution in [2.75, 3.05) is 0 Å². The lowest BCUT2D eigenvalue weighted by Crippen LogP contribution is -2.39. The number of rotatable bonds is 8. The summed E-state index contributed by atoms with van der Waals surface area (Å²) in [6.45, 7) is 6.75. The predicted molar refractivity (Wildman–Crippen MR) is 80.5 cm³/mol. The molecule has 3 rings (SSSR count). The van der Waals surface area contributed by atoms with Crippen molar-refractivity contribution in [3.63, 3.8) is 0 Å². The lowest BCUT2D eigenvalue weighted by Gasteiger charge is -2.52. The molecule has 3 aliphatic rings. The number of unbranched alkanes of at least 4 members (excludes halogenated alkanes) is 6. The standard InChI is InChI=1S/C18H33/c1-3-4-5-6-7-8-9-10-18-14-11-17(2,12-15-18)13-16-18/h2-16H2,1H3. The van der Waals surface area contributed by atoms with Crippen LogP contribution in [-0.2, 0) is 0 Å².